The normalized spacial score (nSPS) is 9.75. The summed E-state index contributed by atoms with van der Waals surface area (Å²) < 4.78 is 0. The standard InChI is InChI=1S/C10H26N4.C2H6/c11-5-3-9-13-7-1-2-8-14-10-4-6-12;1-2/h13-14H,1-12H2;1-2H3. The third-order valence-corrected chi connectivity index (χ3v) is 2.07. The summed E-state index contributed by atoms with van der Waals surface area (Å²) in [5.41, 5.74) is 10.8. The van der Waals surface area contributed by atoms with E-state index >= 15 is 0 Å². The summed E-state index contributed by atoms with van der Waals surface area (Å²) in [5.74, 6) is 0. The van der Waals surface area contributed by atoms with Crippen molar-refractivity contribution in [3.8, 4) is 0 Å². The third kappa shape index (κ3) is 19.4. The molecule has 6 N–H and O–H groups in total. The van der Waals surface area contributed by atoms with E-state index in [4.69, 9.17) is 11.5 Å². The molecule has 0 amide bonds. The zero-order chi connectivity index (χ0) is 12.5. The summed E-state index contributed by atoms with van der Waals surface area (Å²) >= 11 is 0. The van der Waals surface area contributed by atoms with Crippen LogP contribution in [0.3, 0.4) is 0 Å². The Labute approximate surface area is 102 Å². The molecule has 0 spiro atoms. The third-order valence-electron chi connectivity index (χ3n) is 2.07. The lowest BCUT2D eigenvalue weighted by molar-refractivity contribution is 0.570. The van der Waals surface area contributed by atoms with Gasteiger partial charge in [-0.05, 0) is 65.0 Å². The highest BCUT2D eigenvalue weighted by atomic mass is 14.9. The van der Waals surface area contributed by atoms with Crippen LogP contribution in [0.25, 0.3) is 0 Å². The van der Waals surface area contributed by atoms with Crippen molar-refractivity contribution in [1.29, 1.82) is 0 Å². The van der Waals surface area contributed by atoms with Gasteiger partial charge in [0.25, 0.3) is 0 Å². The molecule has 4 nitrogen and oxygen atoms in total. The predicted octanol–water partition coefficient (Wildman–Crippen LogP) is 0.670. The molecule has 0 bridgehead atoms. The maximum atomic E-state index is 5.38. The van der Waals surface area contributed by atoms with E-state index in [0.29, 0.717) is 0 Å². The molecule has 0 atom stereocenters. The van der Waals surface area contributed by atoms with Crippen molar-refractivity contribution in [2.45, 2.75) is 39.5 Å². The Morgan fingerprint density at radius 3 is 1.25 bits per heavy atom. The summed E-state index contributed by atoms with van der Waals surface area (Å²) in [4.78, 5) is 0. The highest BCUT2D eigenvalue weighted by molar-refractivity contribution is 4.52. The largest absolute Gasteiger partial charge is 0.330 e. The molecule has 0 aromatic rings. The van der Waals surface area contributed by atoms with Crippen LogP contribution in [-0.2, 0) is 0 Å². The minimum atomic E-state index is 0.785. The lowest BCUT2D eigenvalue weighted by atomic mass is 10.3. The molecule has 4 heteroatoms. The van der Waals surface area contributed by atoms with Crippen LogP contribution in [0, 0.1) is 0 Å². The number of nitrogens with two attached hydrogens (primary N) is 2. The second-order valence-electron chi connectivity index (χ2n) is 3.49. The van der Waals surface area contributed by atoms with E-state index in [1.807, 2.05) is 13.8 Å². The van der Waals surface area contributed by atoms with Gasteiger partial charge in [-0.25, -0.2) is 0 Å². The molecule has 0 heterocycles. The second kappa shape index (κ2) is 20.3. The molecule has 0 aromatic carbocycles. The van der Waals surface area contributed by atoms with Crippen LogP contribution in [0.15, 0.2) is 0 Å². The van der Waals surface area contributed by atoms with Crippen LogP contribution in [0.5, 0.6) is 0 Å². The van der Waals surface area contributed by atoms with Crippen molar-refractivity contribution < 1.29 is 0 Å². The van der Waals surface area contributed by atoms with Crippen molar-refractivity contribution in [2.24, 2.45) is 11.5 Å². The van der Waals surface area contributed by atoms with Crippen LogP contribution in [0.4, 0.5) is 0 Å². The van der Waals surface area contributed by atoms with Crippen molar-refractivity contribution in [1.82, 2.24) is 10.6 Å². The Bertz CT molecular complexity index is 87.0. The van der Waals surface area contributed by atoms with Crippen LogP contribution in [0.2, 0.25) is 0 Å². The Kier molecular flexibility index (Phi) is 23.1. The Morgan fingerprint density at radius 1 is 0.625 bits per heavy atom. The zero-order valence-corrected chi connectivity index (χ0v) is 11.2. The summed E-state index contributed by atoms with van der Waals surface area (Å²) in [5, 5.41) is 6.72. The fourth-order valence-corrected chi connectivity index (χ4v) is 1.20. The molecule has 0 unspecified atom stereocenters. The molecule has 0 rings (SSSR count). The molecular formula is C12H32N4. The summed E-state index contributed by atoms with van der Waals surface area (Å²) in [6.45, 7) is 9.90. The molecule has 0 fully saturated rings. The fourth-order valence-electron chi connectivity index (χ4n) is 1.20. The van der Waals surface area contributed by atoms with Crippen molar-refractivity contribution in [2.75, 3.05) is 39.3 Å². The van der Waals surface area contributed by atoms with E-state index in [1.54, 1.807) is 0 Å². The van der Waals surface area contributed by atoms with Gasteiger partial charge in [-0.2, -0.15) is 0 Å². The lowest BCUT2D eigenvalue weighted by Crippen LogP contribution is -2.22. The molecule has 0 aliphatic heterocycles. The summed E-state index contributed by atoms with van der Waals surface area (Å²) in [6, 6.07) is 0. The first-order valence-electron chi connectivity index (χ1n) is 6.73. The van der Waals surface area contributed by atoms with Gasteiger partial charge in [-0.15, -0.1) is 0 Å². The van der Waals surface area contributed by atoms with Crippen molar-refractivity contribution in [3.63, 3.8) is 0 Å². The number of nitrogens with one attached hydrogen (secondary N) is 2. The van der Waals surface area contributed by atoms with E-state index < -0.39 is 0 Å². The molecule has 0 saturated carbocycles. The number of rotatable bonds is 11. The molecule has 16 heavy (non-hydrogen) atoms. The van der Waals surface area contributed by atoms with Gasteiger partial charge in [0, 0.05) is 0 Å². The van der Waals surface area contributed by atoms with Crippen LogP contribution in [-0.4, -0.2) is 39.3 Å². The van der Waals surface area contributed by atoms with Crippen LogP contribution >= 0.6 is 0 Å². The van der Waals surface area contributed by atoms with Crippen molar-refractivity contribution in [3.05, 3.63) is 0 Å². The molecule has 0 aliphatic rings. The Balaban J connectivity index is 0. The number of unbranched alkanes of at least 4 members (excludes halogenated alkanes) is 1. The fraction of sp³-hybridized carbons (Fsp3) is 1.00. The molecule has 0 saturated heterocycles. The second-order valence-corrected chi connectivity index (χ2v) is 3.49. The van der Waals surface area contributed by atoms with Gasteiger partial charge < -0.3 is 22.1 Å². The van der Waals surface area contributed by atoms with Gasteiger partial charge in [0.05, 0.1) is 0 Å². The topological polar surface area (TPSA) is 76.1 Å². The first-order chi connectivity index (χ1) is 7.91. The van der Waals surface area contributed by atoms with E-state index in [9.17, 15) is 0 Å². The Hall–Kier alpha value is -0.160. The number of hydrogen-bond donors (Lipinski definition) is 4. The molecule has 100 valence electrons. The summed E-state index contributed by atoms with van der Waals surface area (Å²) in [6.07, 6.45) is 4.63. The van der Waals surface area contributed by atoms with Crippen molar-refractivity contribution >= 4 is 0 Å². The minimum absolute atomic E-state index is 0.785. The highest BCUT2D eigenvalue weighted by Gasteiger charge is 1.89. The van der Waals surface area contributed by atoms with Gasteiger partial charge in [0.1, 0.15) is 0 Å². The predicted molar refractivity (Wildman–Crippen MR) is 73.7 cm³/mol. The maximum absolute atomic E-state index is 5.38. The quantitative estimate of drug-likeness (QED) is 0.395. The van der Waals surface area contributed by atoms with E-state index in [-0.39, 0.29) is 0 Å². The van der Waals surface area contributed by atoms with Gasteiger partial charge in [-0.1, -0.05) is 13.8 Å². The van der Waals surface area contributed by atoms with Gasteiger partial charge >= 0.3 is 0 Å². The molecule has 0 aliphatic carbocycles. The zero-order valence-electron chi connectivity index (χ0n) is 11.2. The van der Waals surface area contributed by atoms with E-state index in [2.05, 4.69) is 10.6 Å². The molecular weight excluding hydrogens is 200 g/mol. The SMILES string of the molecule is CC.NCCCNCCCCNCCCN. The van der Waals surface area contributed by atoms with Crippen LogP contribution < -0.4 is 22.1 Å². The molecule has 0 radical (unpaired) electrons. The van der Waals surface area contributed by atoms with E-state index in [0.717, 1.165) is 52.1 Å². The average molecular weight is 232 g/mol. The maximum Gasteiger partial charge on any atom is -0.00369 e. The lowest BCUT2D eigenvalue weighted by Gasteiger charge is -2.04. The Morgan fingerprint density at radius 2 is 0.938 bits per heavy atom. The number of hydrogen-bond acceptors (Lipinski definition) is 4. The molecule has 0 aromatic heterocycles. The van der Waals surface area contributed by atoms with E-state index in [1.165, 1.54) is 12.8 Å². The van der Waals surface area contributed by atoms with Gasteiger partial charge in [-0.3, -0.25) is 0 Å². The minimum Gasteiger partial charge on any atom is -0.330 e. The summed E-state index contributed by atoms with van der Waals surface area (Å²) in [7, 11) is 0. The highest BCUT2D eigenvalue weighted by Crippen LogP contribution is 1.84. The monoisotopic (exact) mass is 232 g/mol. The van der Waals surface area contributed by atoms with Gasteiger partial charge in [0.15, 0.2) is 0 Å². The van der Waals surface area contributed by atoms with Gasteiger partial charge in [0.2, 0.25) is 0 Å². The average Bonchev–Trinajstić information content (AvgIpc) is 2.34. The first kappa shape index (κ1) is 18.2. The van der Waals surface area contributed by atoms with Crippen LogP contribution in [0.1, 0.15) is 39.5 Å². The smallest absolute Gasteiger partial charge is 0.00369 e. The first-order valence-corrected chi connectivity index (χ1v) is 6.73.